The number of hydrogen-bond acceptors (Lipinski definition) is 4. The van der Waals surface area contributed by atoms with Crippen molar-refractivity contribution in [3.05, 3.63) is 30.4 Å². The second-order valence-corrected chi connectivity index (χ2v) is 11.9. The zero-order valence-corrected chi connectivity index (χ0v) is 19.9. The molecule has 8 rings (SSSR count). The van der Waals surface area contributed by atoms with E-state index in [1.807, 2.05) is 32.0 Å². The third-order valence-electron chi connectivity index (χ3n) is 11.2. The van der Waals surface area contributed by atoms with Gasteiger partial charge in [-0.25, -0.2) is 4.90 Å². The van der Waals surface area contributed by atoms with E-state index < -0.39 is 0 Å². The van der Waals surface area contributed by atoms with Crippen LogP contribution in [0.15, 0.2) is 30.4 Å². The van der Waals surface area contributed by atoms with Crippen LogP contribution in [0.4, 0.5) is 5.69 Å². The molecule has 0 N–H and O–H groups in total. The molecule has 1 aliphatic heterocycles. The number of hydrogen-bond donors (Lipinski definition) is 0. The summed E-state index contributed by atoms with van der Waals surface area (Å²) < 4.78 is 11.6. The average Bonchev–Trinajstić information content (AvgIpc) is 3.66. The van der Waals surface area contributed by atoms with Crippen molar-refractivity contribution in [2.45, 2.75) is 33.1 Å². The van der Waals surface area contributed by atoms with E-state index >= 15 is 0 Å². The molecule has 5 saturated carbocycles. The monoisotopic (exact) mass is 459 g/mol. The van der Waals surface area contributed by atoms with Crippen LogP contribution in [0.5, 0.6) is 11.5 Å². The summed E-state index contributed by atoms with van der Waals surface area (Å²) >= 11 is 0. The number of rotatable bonds is 5. The number of carbonyl (C=O) groups excluding carboxylic acids is 2. The summed E-state index contributed by atoms with van der Waals surface area (Å²) in [4.78, 5) is 29.4. The number of anilines is 1. The van der Waals surface area contributed by atoms with E-state index in [1.54, 1.807) is 0 Å². The minimum absolute atomic E-state index is 0.0164. The summed E-state index contributed by atoms with van der Waals surface area (Å²) in [6.45, 7) is 4.89. The second kappa shape index (κ2) is 6.67. The first kappa shape index (κ1) is 19.9. The van der Waals surface area contributed by atoms with Crippen molar-refractivity contribution in [3.8, 4) is 11.5 Å². The Labute approximate surface area is 200 Å². The summed E-state index contributed by atoms with van der Waals surface area (Å²) in [5.41, 5.74) is 0.573. The molecule has 1 heterocycles. The number of allylic oxidation sites excluding steroid dienone is 2. The highest BCUT2D eigenvalue weighted by atomic mass is 16.5. The normalized spacial score (nSPS) is 48.1. The van der Waals surface area contributed by atoms with Gasteiger partial charge in [0.2, 0.25) is 11.8 Å². The molecule has 1 aromatic rings. The molecule has 6 aliphatic carbocycles. The van der Waals surface area contributed by atoms with Crippen LogP contribution >= 0.6 is 0 Å². The fourth-order valence-electron chi connectivity index (χ4n) is 10.8. The van der Waals surface area contributed by atoms with E-state index in [0.717, 1.165) is 41.9 Å². The molecule has 0 spiro atoms. The van der Waals surface area contributed by atoms with Gasteiger partial charge in [-0.1, -0.05) is 12.2 Å². The maximum absolute atomic E-state index is 14.0. The third-order valence-corrected chi connectivity index (χ3v) is 11.2. The lowest BCUT2D eigenvalue weighted by Gasteiger charge is -2.46. The molecule has 34 heavy (non-hydrogen) atoms. The molecule has 5 heteroatoms. The van der Waals surface area contributed by atoms with Crippen LogP contribution in [0.1, 0.15) is 33.1 Å². The Balaban J connectivity index is 1.16. The Morgan fingerprint density at radius 3 is 1.94 bits per heavy atom. The molecule has 7 aliphatic rings. The first-order valence-corrected chi connectivity index (χ1v) is 13.6. The Morgan fingerprint density at radius 1 is 0.765 bits per heavy atom. The molecular formula is C29H33NO4. The molecule has 1 aromatic carbocycles. The van der Waals surface area contributed by atoms with E-state index in [9.17, 15) is 9.59 Å². The van der Waals surface area contributed by atoms with Gasteiger partial charge in [-0.2, -0.15) is 0 Å². The maximum atomic E-state index is 14.0. The highest BCUT2D eigenvalue weighted by Crippen LogP contribution is 2.78. The van der Waals surface area contributed by atoms with Crippen LogP contribution in [0.3, 0.4) is 0 Å². The van der Waals surface area contributed by atoms with Gasteiger partial charge >= 0.3 is 0 Å². The minimum atomic E-state index is -0.129. The molecule has 6 fully saturated rings. The smallest absolute Gasteiger partial charge is 0.238 e. The number of carbonyl (C=O) groups is 2. The van der Waals surface area contributed by atoms with Crippen molar-refractivity contribution in [3.63, 3.8) is 0 Å². The summed E-state index contributed by atoms with van der Waals surface area (Å²) in [5, 5.41) is 0. The average molecular weight is 460 g/mol. The van der Waals surface area contributed by atoms with E-state index in [-0.39, 0.29) is 23.7 Å². The third kappa shape index (κ3) is 2.19. The van der Waals surface area contributed by atoms with Gasteiger partial charge in [-0.3, -0.25) is 9.59 Å². The lowest BCUT2D eigenvalue weighted by atomic mass is 9.57. The Kier molecular flexibility index (Phi) is 3.92. The molecule has 178 valence electrons. The predicted molar refractivity (Wildman–Crippen MR) is 126 cm³/mol. The van der Waals surface area contributed by atoms with Gasteiger partial charge in [0.25, 0.3) is 0 Å². The maximum Gasteiger partial charge on any atom is 0.238 e. The van der Waals surface area contributed by atoms with Gasteiger partial charge in [0.05, 0.1) is 30.7 Å². The Hall–Kier alpha value is -2.30. The zero-order valence-electron chi connectivity index (χ0n) is 19.9. The standard InChI is InChI=1S/C29H33NO4/c1-3-33-15-7-8-21(34-4-2)20(10-15)30-28(31)26-18-12-19(27(26)29(30)32)25-17-11-16(24(18)25)22-13-5-6-14(9-13)23(17)22/h5-8,10,13-14,16-19,22-27H,3-4,9,11-12H2,1-2H3. The first-order valence-electron chi connectivity index (χ1n) is 13.6. The topological polar surface area (TPSA) is 55.8 Å². The Bertz CT molecular complexity index is 1070. The van der Waals surface area contributed by atoms with Crippen molar-refractivity contribution < 1.29 is 19.1 Å². The van der Waals surface area contributed by atoms with Crippen molar-refractivity contribution in [1.82, 2.24) is 0 Å². The van der Waals surface area contributed by atoms with Crippen molar-refractivity contribution in [2.24, 2.45) is 71.0 Å². The SMILES string of the molecule is CCOc1ccc(OCC)c(N2C(=O)C3C4CC(C3C2=O)C2C3CC(C5C6C=CC(C6)C35)C42)c1. The number of nitrogens with zero attached hydrogens (tertiary/aromatic N) is 1. The van der Waals surface area contributed by atoms with Gasteiger partial charge in [-0.05, 0) is 104 Å². The molecule has 12 atom stereocenters. The van der Waals surface area contributed by atoms with Gasteiger partial charge in [0.1, 0.15) is 11.5 Å². The lowest BCUT2D eigenvalue weighted by molar-refractivity contribution is -0.125. The number of amides is 2. The molecule has 5 nitrogen and oxygen atoms in total. The number of benzene rings is 1. The predicted octanol–water partition coefficient (Wildman–Crippen LogP) is 4.56. The largest absolute Gasteiger partial charge is 0.494 e. The van der Waals surface area contributed by atoms with Crippen LogP contribution in [0.2, 0.25) is 0 Å². The van der Waals surface area contributed by atoms with Crippen molar-refractivity contribution in [1.29, 1.82) is 0 Å². The van der Waals surface area contributed by atoms with Gasteiger partial charge in [0.15, 0.2) is 0 Å². The molecule has 12 unspecified atom stereocenters. The van der Waals surface area contributed by atoms with Crippen LogP contribution in [0.25, 0.3) is 0 Å². The summed E-state index contributed by atoms with van der Waals surface area (Å²) in [5.74, 6) is 8.03. The highest BCUT2D eigenvalue weighted by molar-refractivity contribution is 6.23. The fourth-order valence-corrected chi connectivity index (χ4v) is 10.8. The first-order chi connectivity index (χ1) is 16.6. The minimum Gasteiger partial charge on any atom is -0.494 e. The molecular weight excluding hydrogens is 426 g/mol. The van der Waals surface area contributed by atoms with E-state index in [4.69, 9.17) is 9.47 Å². The number of imide groups is 1. The van der Waals surface area contributed by atoms with Crippen LogP contribution in [0, 0.1) is 71.0 Å². The molecule has 0 aromatic heterocycles. The van der Waals surface area contributed by atoms with Gasteiger partial charge in [0, 0.05) is 6.07 Å². The molecule has 1 saturated heterocycles. The summed E-state index contributed by atoms with van der Waals surface area (Å²) in [7, 11) is 0. The van der Waals surface area contributed by atoms with Crippen molar-refractivity contribution in [2.75, 3.05) is 18.1 Å². The number of fused-ring (bicyclic) bond motifs is 19. The van der Waals surface area contributed by atoms with Crippen molar-refractivity contribution >= 4 is 17.5 Å². The Morgan fingerprint density at radius 2 is 1.35 bits per heavy atom. The zero-order chi connectivity index (χ0) is 22.9. The fraction of sp³-hybridized carbons (Fsp3) is 0.655. The van der Waals surface area contributed by atoms with E-state index in [1.165, 1.54) is 17.7 Å². The van der Waals surface area contributed by atoms with Crippen LogP contribution in [-0.4, -0.2) is 25.0 Å². The van der Waals surface area contributed by atoms with Crippen LogP contribution < -0.4 is 14.4 Å². The van der Waals surface area contributed by atoms with E-state index in [2.05, 4.69) is 12.2 Å². The van der Waals surface area contributed by atoms with Gasteiger partial charge < -0.3 is 9.47 Å². The lowest BCUT2D eigenvalue weighted by Crippen LogP contribution is -2.45. The second-order valence-electron chi connectivity index (χ2n) is 11.9. The molecule has 0 radical (unpaired) electrons. The quantitative estimate of drug-likeness (QED) is 0.368. The summed E-state index contributed by atoms with van der Waals surface area (Å²) in [6.07, 6.45) is 8.84. The summed E-state index contributed by atoms with van der Waals surface area (Å²) in [6, 6.07) is 5.52. The van der Waals surface area contributed by atoms with Crippen LogP contribution in [-0.2, 0) is 9.59 Å². The molecule has 2 amide bonds. The highest BCUT2D eigenvalue weighted by Gasteiger charge is 2.76. The van der Waals surface area contributed by atoms with E-state index in [0.29, 0.717) is 54.1 Å². The molecule has 6 bridgehead atoms. The van der Waals surface area contributed by atoms with Gasteiger partial charge in [-0.15, -0.1) is 0 Å². The number of ether oxygens (including phenoxy) is 2.